The molecule has 3 aromatic rings. The first kappa shape index (κ1) is 20.2. The van der Waals surface area contributed by atoms with E-state index in [4.69, 9.17) is 9.84 Å². The highest BCUT2D eigenvalue weighted by atomic mass is 16.5. The Morgan fingerprint density at radius 3 is 2.43 bits per heavy atom. The molecule has 1 aliphatic rings. The van der Waals surface area contributed by atoms with Crippen molar-refractivity contribution in [1.29, 1.82) is 0 Å². The van der Waals surface area contributed by atoms with Crippen LogP contribution in [0.5, 0.6) is 5.75 Å². The minimum atomic E-state index is 0.577. The van der Waals surface area contributed by atoms with E-state index < -0.39 is 0 Å². The van der Waals surface area contributed by atoms with Crippen LogP contribution >= 0.6 is 0 Å². The van der Waals surface area contributed by atoms with Crippen LogP contribution in [0, 0.1) is 6.92 Å². The number of hydrogen-bond acceptors (Lipinski definition) is 3. The summed E-state index contributed by atoms with van der Waals surface area (Å²) in [5, 5.41) is 6.88. The van der Waals surface area contributed by atoms with Gasteiger partial charge in [0.25, 0.3) is 0 Å². The number of quaternary nitrogens is 1. The van der Waals surface area contributed by atoms with E-state index in [1.807, 2.05) is 42.6 Å². The number of hydrazone groups is 1. The fourth-order valence-corrected chi connectivity index (χ4v) is 3.67. The van der Waals surface area contributed by atoms with Crippen molar-refractivity contribution in [3.8, 4) is 5.75 Å². The van der Waals surface area contributed by atoms with E-state index in [1.54, 1.807) is 4.90 Å². The normalized spacial score (nSPS) is 14.9. The maximum atomic E-state index is 5.92. The third-order valence-corrected chi connectivity index (χ3v) is 5.50. The number of ether oxygens (including phenoxy) is 1. The van der Waals surface area contributed by atoms with Gasteiger partial charge in [0.15, 0.2) is 0 Å². The number of benzene rings is 3. The molecule has 0 radical (unpaired) electrons. The molecule has 0 unspecified atom stereocenters. The number of piperazine rings is 1. The summed E-state index contributed by atoms with van der Waals surface area (Å²) in [6.45, 7) is 8.02. The SMILES string of the molecule is Cc1ccc(C[NH+]2CCN(/N=C\c3cccc(OCc4ccccc4)c3)CC2)cc1. The van der Waals surface area contributed by atoms with Gasteiger partial charge in [-0.25, -0.2) is 0 Å². The van der Waals surface area contributed by atoms with Gasteiger partial charge < -0.3 is 9.64 Å². The molecule has 1 aliphatic heterocycles. The molecule has 0 aliphatic carbocycles. The Morgan fingerprint density at radius 2 is 1.67 bits per heavy atom. The Balaban J connectivity index is 1.25. The predicted octanol–water partition coefficient (Wildman–Crippen LogP) is 3.31. The Morgan fingerprint density at radius 1 is 0.900 bits per heavy atom. The molecule has 4 nitrogen and oxygen atoms in total. The van der Waals surface area contributed by atoms with Crippen LogP contribution in [0.25, 0.3) is 0 Å². The second kappa shape index (κ2) is 10.1. The van der Waals surface area contributed by atoms with Gasteiger partial charge in [0.1, 0.15) is 18.9 Å². The molecule has 0 aromatic heterocycles. The maximum absolute atomic E-state index is 5.92. The minimum absolute atomic E-state index is 0.577. The molecule has 154 valence electrons. The van der Waals surface area contributed by atoms with E-state index in [0.717, 1.165) is 44.0 Å². The first-order chi connectivity index (χ1) is 14.7. The molecule has 0 atom stereocenters. The van der Waals surface area contributed by atoms with Crippen molar-refractivity contribution >= 4 is 6.21 Å². The lowest BCUT2D eigenvalue weighted by atomic mass is 10.1. The van der Waals surface area contributed by atoms with Gasteiger partial charge >= 0.3 is 0 Å². The predicted molar refractivity (Wildman–Crippen MR) is 122 cm³/mol. The average Bonchev–Trinajstić information content (AvgIpc) is 2.80. The molecule has 1 heterocycles. The third kappa shape index (κ3) is 5.94. The quantitative estimate of drug-likeness (QED) is 0.617. The lowest BCUT2D eigenvalue weighted by molar-refractivity contribution is -0.918. The summed E-state index contributed by atoms with van der Waals surface area (Å²) < 4.78 is 5.92. The Labute approximate surface area is 179 Å². The lowest BCUT2D eigenvalue weighted by Crippen LogP contribution is -3.13. The molecule has 1 fully saturated rings. The van der Waals surface area contributed by atoms with Crippen LogP contribution in [-0.4, -0.2) is 37.4 Å². The van der Waals surface area contributed by atoms with Gasteiger partial charge in [-0.2, -0.15) is 5.10 Å². The number of nitrogens with one attached hydrogen (secondary N) is 1. The van der Waals surface area contributed by atoms with Crippen molar-refractivity contribution in [3.05, 3.63) is 101 Å². The maximum Gasteiger partial charge on any atom is 0.120 e. The van der Waals surface area contributed by atoms with Crippen molar-refractivity contribution in [1.82, 2.24) is 5.01 Å². The van der Waals surface area contributed by atoms with Crippen LogP contribution in [0.4, 0.5) is 0 Å². The topological polar surface area (TPSA) is 29.3 Å². The van der Waals surface area contributed by atoms with E-state index in [2.05, 4.69) is 54.4 Å². The zero-order valence-electron chi connectivity index (χ0n) is 17.6. The van der Waals surface area contributed by atoms with E-state index in [9.17, 15) is 0 Å². The largest absolute Gasteiger partial charge is 0.489 e. The second-order valence-corrected chi connectivity index (χ2v) is 7.96. The van der Waals surface area contributed by atoms with Crippen LogP contribution < -0.4 is 9.64 Å². The standard InChI is InChI=1S/C26H29N3O/c1-22-10-12-23(13-11-22)20-28-14-16-29(17-15-28)27-19-25-8-5-9-26(18-25)30-21-24-6-3-2-4-7-24/h2-13,18-19H,14-17,20-21H2,1H3/p+1/b27-19-. The molecule has 0 spiro atoms. The van der Waals surface area contributed by atoms with Gasteiger partial charge in [-0.1, -0.05) is 72.3 Å². The highest BCUT2D eigenvalue weighted by Crippen LogP contribution is 2.14. The molecule has 1 saturated heterocycles. The van der Waals surface area contributed by atoms with E-state index in [1.165, 1.54) is 16.7 Å². The Bertz CT molecular complexity index is 946. The summed E-state index contributed by atoms with van der Waals surface area (Å²) in [5.41, 5.74) is 4.97. The number of aryl methyl sites for hydroxylation is 1. The Hall–Kier alpha value is -3.11. The molecule has 3 aromatic carbocycles. The van der Waals surface area contributed by atoms with Crippen molar-refractivity contribution in [2.75, 3.05) is 26.2 Å². The van der Waals surface area contributed by atoms with Gasteiger partial charge in [0.2, 0.25) is 0 Å². The van der Waals surface area contributed by atoms with Crippen LogP contribution in [0.15, 0.2) is 84.0 Å². The smallest absolute Gasteiger partial charge is 0.120 e. The summed E-state index contributed by atoms with van der Waals surface area (Å²) in [7, 11) is 0. The van der Waals surface area contributed by atoms with Crippen LogP contribution in [0.2, 0.25) is 0 Å². The van der Waals surface area contributed by atoms with Crippen LogP contribution in [-0.2, 0) is 13.2 Å². The van der Waals surface area contributed by atoms with Crippen LogP contribution in [0.1, 0.15) is 22.3 Å². The Kier molecular flexibility index (Phi) is 6.78. The molecule has 0 amide bonds. The van der Waals surface area contributed by atoms with Gasteiger partial charge in [-0.15, -0.1) is 0 Å². The van der Waals surface area contributed by atoms with Crippen molar-refractivity contribution in [2.24, 2.45) is 5.10 Å². The van der Waals surface area contributed by atoms with Gasteiger partial charge in [-0.3, -0.25) is 5.01 Å². The third-order valence-electron chi connectivity index (χ3n) is 5.50. The van der Waals surface area contributed by atoms with Crippen molar-refractivity contribution in [2.45, 2.75) is 20.1 Å². The monoisotopic (exact) mass is 400 g/mol. The summed E-state index contributed by atoms with van der Waals surface area (Å²) >= 11 is 0. The van der Waals surface area contributed by atoms with Gasteiger partial charge in [0, 0.05) is 5.56 Å². The lowest BCUT2D eigenvalue weighted by Gasteiger charge is -2.30. The summed E-state index contributed by atoms with van der Waals surface area (Å²) in [5.74, 6) is 0.871. The molecule has 0 bridgehead atoms. The number of hydrogen-bond donors (Lipinski definition) is 1. The number of rotatable bonds is 7. The minimum Gasteiger partial charge on any atom is -0.489 e. The van der Waals surface area contributed by atoms with Gasteiger partial charge in [0.05, 0.1) is 32.4 Å². The molecule has 4 rings (SSSR count). The van der Waals surface area contributed by atoms with Gasteiger partial charge in [-0.05, 0) is 30.2 Å². The van der Waals surface area contributed by atoms with Crippen LogP contribution in [0.3, 0.4) is 0 Å². The zero-order chi connectivity index (χ0) is 20.6. The highest BCUT2D eigenvalue weighted by molar-refractivity contribution is 5.79. The van der Waals surface area contributed by atoms with Crippen molar-refractivity contribution in [3.63, 3.8) is 0 Å². The highest BCUT2D eigenvalue weighted by Gasteiger charge is 2.18. The first-order valence-electron chi connectivity index (χ1n) is 10.7. The summed E-state index contributed by atoms with van der Waals surface area (Å²) in [4.78, 5) is 1.63. The summed E-state index contributed by atoms with van der Waals surface area (Å²) in [6.07, 6.45) is 1.94. The molecule has 1 N–H and O–H groups in total. The van der Waals surface area contributed by atoms with E-state index in [0.29, 0.717) is 6.61 Å². The van der Waals surface area contributed by atoms with Crippen molar-refractivity contribution < 1.29 is 9.64 Å². The molecule has 0 saturated carbocycles. The van der Waals surface area contributed by atoms with E-state index >= 15 is 0 Å². The summed E-state index contributed by atoms with van der Waals surface area (Å²) in [6, 6.07) is 27.3. The molecule has 4 heteroatoms. The van der Waals surface area contributed by atoms with E-state index in [-0.39, 0.29) is 0 Å². The number of nitrogens with zero attached hydrogens (tertiary/aromatic N) is 2. The molecular formula is C26H30N3O+. The molecule has 30 heavy (non-hydrogen) atoms. The fraction of sp³-hybridized carbons (Fsp3) is 0.269. The fourth-order valence-electron chi connectivity index (χ4n) is 3.67. The first-order valence-corrected chi connectivity index (χ1v) is 10.7. The molecular weight excluding hydrogens is 370 g/mol. The average molecular weight is 401 g/mol. The second-order valence-electron chi connectivity index (χ2n) is 7.96. The zero-order valence-corrected chi connectivity index (χ0v) is 17.6.